The van der Waals surface area contributed by atoms with Gasteiger partial charge in [0.05, 0.1) is 0 Å². The summed E-state index contributed by atoms with van der Waals surface area (Å²) < 4.78 is 0.898. The minimum atomic E-state index is 0.572. The summed E-state index contributed by atoms with van der Waals surface area (Å²) in [6, 6.07) is 7.47. The smallest absolute Gasteiger partial charge is 0.127 e. The van der Waals surface area contributed by atoms with Crippen molar-refractivity contribution < 1.29 is 0 Å². The summed E-state index contributed by atoms with van der Waals surface area (Å²) in [5, 5.41) is 3.51. The van der Waals surface area contributed by atoms with Gasteiger partial charge in [0.15, 0.2) is 0 Å². The minimum Gasteiger partial charge on any atom is -0.366 e. The first-order chi connectivity index (χ1) is 7.81. The molecule has 3 rings (SSSR count). The predicted octanol–water partition coefficient (Wildman–Crippen LogP) is 2.49. The number of hydrogen-bond donors (Lipinski definition) is 1. The van der Waals surface area contributed by atoms with Crippen LogP contribution in [0.2, 0.25) is 0 Å². The second kappa shape index (κ2) is 4.34. The summed E-state index contributed by atoms with van der Waals surface area (Å²) in [6.45, 7) is 2.43. The average Bonchev–Trinajstić information content (AvgIpc) is 3.01. The average molecular weight is 282 g/mol. The van der Waals surface area contributed by atoms with E-state index in [1.54, 1.807) is 0 Å². The lowest BCUT2D eigenvalue weighted by Crippen LogP contribution is -2.27. The number of aromatic nitrogens is 1. The molecule has 2 heterocycles. The Morgan fingerprint density at radius 2 is 2.19 bits per heavy atom. The molecule has 0 amide bonds. The Kier molecular flexibility index (Phi) is 2.86. The van der Waals surface area contributed by atoms with Gasteiger partial charge in [-0.25, -0.2) is 4.98 Å². The summed E-state index contributed by atoms with van der Waals surface area (Å²) >= 11 is 3.40. The lowest BCUT2D eigenvalue weighted by Gasteiger charge is -2.16. The van der Waals surface area contributed by atoms with E-state index in [0.29, 0.717) is 6.04 Å². The van der Waals surface area contributed by atoms with Gasteiger partial charge in [-0.1, -0.05) is 6.07 Å². The van der Waals surface area contributed by atoms with Crippen LogP contribution in [0.3, 0.4) is 0 Å². The Labute approximate surface area is 104 Å². The molecule has 1 unspecified atom stereocenters. The van der Waals surface area contributed by atoms with E-state index in [9.17, 15) is 0 Å². The molecular formula is C12H16BrN3. The van der Waals surface area contributed by atoms with Gasteiger partial charge in [-0.2, -0.15) is 0 Å². The van der Waals surface area contributed by atoms with Gasteiger partial charge in [-0.15, -0.1) is 0 Å². The molecule has 1 aromatic rings. The third-order valence-corrected chi connectivity index (χ3v) is 3.79. The number of nitrogens with zero attached hydrogens (tertiary/aromatic N) is 2. The van der Waals surface area contributed by atoms with Crippen LogP contribution in [0, 0.1) is 0 Å². The van der Waals surface area contributed by atoms with Crippen LogP contribution in [-0.4, -0.2) is 35.1 Å². The van der Waals surface area contributed by atoms with Crippen molar-refractivity contribution in [2.75, 3.05) is 18.4 Å². The van der Waals surface area contributed by atoms with Crippen LogP contribution in [0.4, 0.5) is 5.82 Å². The molecular weight excluding hydrogens is 266 g/mol. The molecule has 1 saturated carbocycles. The highest BCUT2D eigenvalue weighted by molar-refractivity contribution is 9.10. The molecule has 1 N–H and O–H groups in total. The van der Waals surface area contributed by atoms with Crippen LogP contribution in [-0.2, 0) is 0 Å². The van der Waals surface area contributed by atoms with Crippen molar-refractivity contribution in [1.29, 1.82) is 0 Å². The second-order valence-corrected chi connectivity index (χ2v) is 5.51. The van der Waals surface area contributed by atoms with Crippen LogP contribution in [0.5, 0.6) is 0 Å². The Balaban J connectivity index is 1.59. The first-order valence-electron chi connectivity index (χ1n) is 5.94. The summed E-state index contributed by atoms with van der Waals surface area (Å²) in [6.07, 6.45) is 4.05. The number of rotatable bonds is 3. The minimum absolute atomic E-state index is 0.572. The standard InChI is InChI=1S/C12H16BrN3/c13-11-2-1-3-12(15-11)14-9-6-7-16(8-9)10-4-5-10/h1-3,9-10H,4-8H2,(H,14,15). The highest BCUT2D eigenvalue weighted by Crippen LogP contribution is 2.30. The molecule has 1 aliphatic carbocycles. The van der Waals surface area contributed by atoms with Crippen LogP contribution >= 0.6 is 15.9 Å². The van der Waals surface area contributed by atoms with Gasteiger partial charge >= 0.3 is 0 Å². The van der Waals surface area contributed by atoms with E-state index in [0.717, 1.165) is 16.5 Å². The van der Waals surface area contributed by atoms with Gasteiger partial charge in [0.2, 0.25) is 0 Å². The van der Waals surface area contributed by atoms with Crippen LogP contribution in [0.15, 0.2) is 22.8 Å². The van der Waals surface area contributed by atoms with E-state index in [2.05, 4.69) is 31.1 Å². The first kappa shape index (κ1) is 10.5. The number of halogens is 1. The van der Waals surface area contributed by atoms with Crippen molar-refractivity contribution in [3.8, 4) is 0 Å². The maximum Gasteiger partial charge on any atom is 0.127 e. The molecule has 3 nitrogen and oxygen atoms in total. The fraction of sp³-hybridized carbons (Fsp3) is 0.583. The van der Waals surface area contributed by atoms with Crippen molar-refractivity contribution in [1.82, 2.24) is 9.88 Å². The quantitative estimate of drug-likeness (QED) is 0.863. The summed E-state index contributed by atoms with van der Waals surface area (Å²) in [5.74, 6) is 0.983. The molecule has 0 spiro atoms. The zero-order chi connectivity index (χ0) is 11.0. The van der Waals surface area contributed by atoms with Crippen molar-refractivity contribution in [3.63, 3.8) is 0 Å². The van der Waals surface area contributed by atoms with Crippen LogP contribution < -0.4 is 5.32 Å². The molecule has 2 fully saturated rings. The van der Waals surface area contributed by atoms with E-state index in [1.807, 2.05) is 18.2 Å². The zero-order valence-electron chi connectivity index (χ0n) is 9.19. The number of anilines is 1. The normalized spacial score (nSPS) is 25.9. The van der Waals surface area contributed by atoms with Crippen molar-refractivity contribution >= 4 is 21.7 Å². The van der Waals surface area contributed by atoms with Gasteiger partial charge < -0.3 is 5.32 Å². The molecule has 1 aliphatic heterocycles. The highest BCUT2D eigenvalue weighted by atomic mass is 79.9. The molecule has 86 valence electrons. The van der Waals surface area contributed by atoms with E-state index >= 15 is 0 Å². The van der Waals surface area contributed by atoms with E-state index in [4.69, 9.17) is 0 Å². The predicted molar refractivity (Wildman–Crippen MR) is 68.6 cm³/mol. The summed E-state index contributed by atoms with van der Waals surface area (Å²) in [5.41, 5.74) is 0. The molecule has 0 radical (unpaired) electrons. The lowest BCUT2D eigenvalue weighted by molar-refractivity contribution is 0.326. The lowest BCUT2D eigenvalue weighted by atomic mass is 10.2. The van der Waals surface area contributed by atoms with Crippen molar-refractivity contribution in [2.45, 2.75) is 31.3 Å². The topological polar surface area (TPSA) is 28.2 Å². The third-order valence-electron chi connectivity index (χ3n) is 3.35. The fourth-order valence-electron chi connectivity index (χ4n) is 2.37. The van der Waals surface area contributed by atoms with E-state index < -0.39 is 0 Å². The molecule has 2 aliphatic rings. The van der Waals surface area contributed by atoms with E-state index in [1.165, 1.54) is 32.4 Å². The van der Waals surface area contributed by atoms with Gasteiger partial charge in [-0.3, -0.25) is 4.90 Å². The molecule has 1 aromatic heterocycles. The Morgan fingerprint density at radius 1 is 1.31 bits per heavy atom. The Morgan fingerprint density at radius 3 is 2.94 bits per heavy atom. The SMILES string of the molecule is Brc1cccc(NC2CCN(C3CC3)C2)n1. The molecule has 16 heavy (non-hydrogen) atoms. The molecule has 1 saturated heterocycles. The summed E-state index contributed by atoms with van der Waals surface area (Å²) in [7, 11) is 0. The largest absolute Gasteiger partial charge is 0.366 e. The molecule has 1 atom stereocenters. The number of nitrogens with one attached hydrogen (secondary N) is 1. The maximum absolute atomic E-state index is 4.41. The van der Waals surface area contributed by atoms with Gasteiger partial charge in [-0.05, 0) is 47.3 Å². The number of likely N-dealkylation sites (tertiary alicyclic amines) is 1. The summed E-state index contributed by atoms with van der Waals surface area (Å²) in [4.78, 5) is 7.02. The highest BCUT2D eigenvalue weighted by Gasteiger charge is 2.34. The molecule has 0 aromatic carbocycles. The fourth-order valence-corrected chi connectivity index (χ4v) is 2.72. The van der Waals surface area contributed by atoms with Crippen LogP contribution in [0.1, 0.15) is 19.3 Å². The molecule has 4 heteroatoms. The first-order valence-corrected chi connectivity index (χ1v) is 6.74. The third kappa shape index (κ3) is 2.38. The monoisotopic (exact) mass is 281 g/mol. The van der Waals surface area contributed by atoms with Crippen molar-refractivity contribution in [2.24, 2.45) is 0 Å². The van der Waals surface area contributed by atoms with Crippen molar-refractivity contribution in [3.05, 3.63) is 22.8 Å². The second-order valence-electron chi connectivity index (χ2n) is 4.70. The molecule has 0 bridgehead atoms. The maximum atomic E-state index is 4.41. The Bertz CT molecular complexity index is 378. The number of pyridine rings is 1. The van der Waals surface area contributed by atoms with E-state index in [-0.39, 0.29) is 0 Å². The van der Waals surface area contributed by atoms with Gasteiger partial charge in [0.25, 0.3) is 0 Å². The Hall–Kier alpha value is -0.610. The van der Waals surface area contributed by atoms with Crippen LogP contribution in [0.25, 0.3) is 0 Å². The number of hydrogen-bond acceptors (Lipinski definition) is 3. The van der Waals surface area contributed by atoms with Gasteiger partial charge in [0, 0.05) is 25.2 Å². The van der Waals surface area contributed by atoms with Gasteiger partial charge in [0.1, 0.15) is 10.4 Å². The zero-order valence-corrected chi connectivity index (χ0v) is 10.8.